The molecule has 1 atom stereocenters. The molecule has 1 amide bonds. The molecule has 0 saturated carbocycles. The third-order valence-electron chi connectivity index (χ3n) is 8.07. The fourth-order valence-corrected chi connectivity index (χ4v) is 5.59. The van der Waals surface area contributed by atoms with Crippen molar-refractivity contribution < 1.29 is 23.4 Å². The lowest BCUT2D eigenvalue weighted by Crippen LogP contribution is -2.41. The zero-order valence-corrected chi connectivity index (χ0v) is 24.1. The van der Waals surface area contributed by atoms with Crippen LogP contribution in [-0.4, -0.2) is 55.0 Å². The van der Waals surface area contributed by atoms with E-state index in [0.29, 0.717) is 53.9 Å². The Morgan fingerprint density at radius 2 is 1.89 bits per heavy atom. The van der Waals surface area contributed by atoms with Crippen molar-refractivity contribution in [2.45, 2.75) is 44.4 Å². The van der Waals surface area contributed by atoms with Crippen molar-refractivity contribution in [2.24, 2.45) is 0 Å². The highest BCUT2D eigenvalue weighted by atomic mass is 19.3. The van der Waals surface area contributed by atoms with Crippen LogP contribution in [0.3, 0.4) is 0 Å². The van der Waals surface area contributed by atoms with E-state index in [9.17, 15) is 18.4 Å². The molecule has 0 bridgehead atoms. The molecule has 0 spiro atoms. The largest absolute Gasteiger partial charge is 0.445 e. The number of alkyl halides is 2. The minimum atomic E-state index is -3.36. The van der Waals surface area contributed by atoms with Gasteiger partial charge in [-0.1, -0.05) is 48.5 Å². The number of fused-ring (bicyclic) bond motifs is 3. The van der Waals surface area contributed by atoms with Gasteiger partial charge in [0.1, 0.15) is 19.0 Å². The van der Waals surface area contributed by atoms with Crippen molar-refractivity contribution in [3.8, 4) is 0 Å². The lowest BCUT2D eigenvalue weighted by molar-refractivity contribution is -0.0556. The average molecular weight is 603 g/mol. The van der Waals surface area contributed by atoms with E-state index in [4.69, 9.17) is 14.8 Å². The third kappa shape index (κ3) is 5.85. The van der Waals surface area contributed by atoms with Crippen LogP contribution in [0.1, 0.15) is 48.5 Å². The van der Waals surface area contributed by atoms with Gasteiger partial charge in [-0.05, 0) is 37.0 Å². The number of benzene rings is 2. The van der Waals surface area contributed by atoms with E-state index in [2.05, 4.69) is 10.4 Å². The summed E-state index contributed by atoms with van der Waals surface area (Å²) in [6.45, 7) is 1.62. The molecule has 0 aliphatic carbocycles. The number of piperidine rings is 1. The molecular weight excluding hydrogens is 570 g/mol. The maximum Gasteiger partial charge on any atom is 0.410 e. The molecule has 1 aliphatic heterocycles. The summed E-state index contributed by atoms with van der Waals surface area (Å²) in [7, 11) is 0. The summed E-state index contributed by atoms with van der Waals surface area (Å²) in [4.78, 5) is 32.4. The summed E-state index contributed by atoms with van der Waals surface area (Å²) in [5.74, 6) is -2.89. The predicted molar refractivity (Wildman–Crippen MR) is 161 cm³/mol. The first-order valence-electron chi connectivity index (χ1n) is 14.4. The van der Waals surface area contributed by atoms with Crippen LogP contribution in [0.2, 0.25) is 0 Å². The number of carbonyl (C=O) groups is 1. The van der Waals surface area contributed by atoms with E-state index in [1.54, 1.807) is 38.5 Å². The molecule has 1 saturated heterocycles. The summed E-state index contributed by atoms with van der Waals surface area (Å²) in [5.41, 5.74) is 2.08. The molecule has 228 valence electrons. The fraction of sp³-hybridized carbons (Fsp3) is 0.312. The van der Waals surface area contributed by atoms with E-state index in [1.165, 1.54) is 24.3 Å². The Labute approximate surface area is 251 Å². The van der Waals surface area contributed by atoms with E-state index in [-0.39, 0.29) is 29.9 Å². The second-order valence-electron chi connectivity index (χ2n) is 11.0. The number of nitrogens with one attached hydrogen (secondary N) is 1. The minimum absolute atomic E-state index is 0.152. The number of hydrogen-bond acceptors (Lipinski definition) is 7. The first-order valence-corrected chi connectivity index (χ1v) is 14.4. The molecule has 2 N–H and O–H groups in total. The Kier molecular flexibility index (Phi) is 8.00. The maximum atomic E-state index is 14.2. The minimum Gasteiger partial charge on any atom is -0.445 e. The molecule has 0 radical (unpaired) electrons. The van der Waals surface area contributed by atoms with Gasteiger partial charge in [-0.2, -0.15) is 13.9 Å². The van der Waals surface area contributed by atoms with Crippen molar-refractivity contribution in [2.75, 3.05) is 25.0 Å². The zero-order valence-electron chi connectivity index (χ0n) is 24.1. The van der Waals surface area contributed by atoms with Crippen LogP contribution in [0, 0.1) is 0 Å². The van der Waals surface area contributed by atoms with Gasteiger partial charge in [-0.25, -0.2) is 14.3 Å². The van der Waals surface area contributed by atoms with Crippen molar-refractivity contribution >= 4 is 28.5 Å². The van der Waals surface area contributed by atoms with E-state index in [0.717, 1.165) is 5.56 Å². The van der Waals surface area contributed by atoms with Gasteiger partial charge >= 0.3 is 6.09 Å². The Hall–Kier alpha value is -4.84. The zero-order chi connectivity index (χ0) is 30.8. The number of hydrogen-bond donors (Lipinski definition) is 2. The summed E-state index contributed by atoms with van der Waals surface area (Å²) in [5, 5.41) is 17.4. The number of nitrogens with zero attached hydrogens (tertiary/aromatic N) is 5. The first-order chi connectivity index (χ1) is 21.2. The summed E-state index contributed by atoms with van der Waals surface area (Å²) in [6, 6.07) is 18.0. The Morgan fingerprint density at radius 3 is 2.64 bits per heavy atom. The summed E-state index contributed by atoms with van der Waals surface area (Å²) >= 11 is 0. The van der Waals surface area contributed by atoms with Crippen LogP contribution >= 0.6 is 0 Å². The number of halogens is 2. The second-order valence-corrected chi connectivity index (χ2v) is 11.0. The Balaban J connectivity index is 1.24. The predicted octanol–water partition coefficient (Wildman–Crippen LogP) is 5.28. The van der Waals surface area contributed by atoms with Crippen molar-refractivity contribution in [3.63, 3.8) is 0 Å². The maximum absolute atomic E-state index is 14.2. The van der Waals surface area contributed by atoms with Gasteiger partial charge in [0.15, 0.2) is 5.65 Å². The molecule has 44 heavy (non-hydrogen) atoms. The lowest BCUT2D eigenvalue weighted by Gasteiger charge is -2.32. The molecule has 4 heterocycles. The second kappa shape index (κ2) is 12.0. The van der Waals surface area contributed by atoms with E-state index in [1.807, 2.05) is 37.3 Å². The topological polar surface area (TPSA) is 114 Å². The number of rotatable bonds is 8. The van der Waals surface area contributed by atoms with Crippen LogP contribution < -0.4 is 10.9 Å². The number of amides is 1. The highest BCUT2D eigenvalue weighted by molar-refractivity contribution is 5.90. The van der Waals surface area contributed by atoms with E-state index < -0.39 is 18.6 Å². The van der Waals surface area contributed by atoms with Gasteiger partial charge in [0.25, 0.3) is 11.5 Å². The average Bonchev–Trinajstić information content (AvgIpc) is 3.53. The monoisotopic (exact) mass is 602 g/mol. The molecular formula is C32H32F2N6O4. The van der Waals surface area contributed by atoms with Crippen LogP contribution in [0.15, 0.2) is 83.9 Å². The van der Waals surface area contributed by atoms with Gasteiger partial charge in [0, 0.05) is 49.1 Å². The SMILES string of the molecule is C[C@@H](Nc1nc2ccnn2c2cc(=O)n(C3CCN(C(=O)OCc4ccccc4)CC3)cc12)c1cccc(C(F)(F)CO)c1. The number of aromatic nitrogens is 4. The van der Waals surface area contributed by atoms with E-state index >= 15 is 0 Å². The molecule has 1 fully saturated rings. The molecule has 12 heteroatoms. The molecule has 2 aromatic carbocycles. The van der Waals surface area contributed by atoms with Gasteiger partial charge in [0.05, 0.1) is 17.1 Å². The van der Waals surface area contributed by atoms with Crippen molar-refractivity contribution in [1.29, 1.82) is 0 Å². The number of aliphatic hydroxyl groups is 1. The smallest absolute Gasteiger partial charge is 0.410 e. The molecule has 1 aliphatic rings. The molecule has 0 unspecified atom stereocenters. The number of anilines is 1. The van der Waals surface area contributed by atoms with Gasteiger partial charge in [-0.3, -0.25) is 4.79 Å². The quantitative estimate of drug-likeness (QED) is 0.249. The number of likely N-dealkylation sites (tertiary alicyclic amines) is 1. The lowest BCUT2D eigenvalue weighted by atomic mass is 10.0. The highest BCUT2D eigenvalue weighted by Gasteiger charge is 2.31. The molecule has 10 nitrogen and oxygen atoms in total. The van der Waals surface area contributed by atoms with Gasteiger partial charge in [0.2, 0.25) is 0 Å². The van der Waals surface area contributed by atoms with Crippen LogP contribution in [0.5, 0.6) is 0 Å². The molecule has 6 rings (SSSR count). The Morgan fingerprint density at radius 1 is 1.11 bits per heavy atom. The van der Waals surface area contributed by atoms with Crippen LogP contribution in [0.25, 0.3) is 16.6 Å². The molecule has 5 aromatic rings. The van der Waals surface area contributed by atoms with Crippen molar-refractivity contribution in [3.05, 3.63) is 106 Å². The van der Waals surface area contributed by atoms with Crippen molar-refractivity contribution in [1.82, 2.24) is 24.1 Å². The normalized spacial score (nSPS) is 15.0. The highest BCUT2D eigenvalue weighted by Crippen LogP contribution is 2.32. The van der Waals surface area contributed by atoms with Crippen LogP contribution in [-0.2, 0) is 17.3 Å². The molecule has 3 aromatic heterocycles. The van der Waals surface area contributed by atoms with Gasteiger partial charge < -0.3 is 24.6 Å². The summed E-state index contributed by atoms with van der Waals surface area (Å²) in [6.07, 6.45) is 4.09. The number of carbonyl (C=O) groups excluding carboxylic acids is 1. The van der Waals surface area contributed by atoms with Crippen LogP contribution in [0.4, 0.5) is 19.4 Å². The summed E-state index contributed by atoms with van der Waals surface area (Å²) < 4.78 is 37.1. The standard InChI is InChI=1S/C32H32F2N6O4/c1-21(23-8-5-9-24(16-23)32(33,34)20-41)36-30-26-18-39(29(42)17-27(26)40-28(37-30)10-13-35-40)25-11-14-38(15-12-25)31(43)44-19-22-6-3-2-4-7-22/h2-10,13,16-18,21,25,41H,11-12,14-15,19-20H2,1H3,(H,36,37)/t21-/m1/s1. The number of aliphatic hydroxyl groups excluding tert-OH is 1. The fourth-order valence-electron chi connectivity index (χ4n) is 5.59. The number of ether oxygens (including phenoxy) is 1. The van der Waals surface area contributed by atoms with Gasteiger partial charge in [-0.15, -0.1) is 0 Å². The Bertz CT molecular complexity index is 1850. The first kappa shape index (κ1) is 29.2. The number of pyridine rings is 1. The third-order valence-corrected chi connectivity index (χ3v) is 8.07.